The first-order valence-corrected chi connectivity index (χ1v) is 9.34. The van der Waals surface area contributed by atoms with Crippen LogP contribution in [-0.2, 0) is 4.79 Å². The molecule has 0 saturated heterocycles. The normalized spacial score (nSPS) is 14.5. The molecule has 2 aliphatic rings. The number of anilines is 1. The van der Waals surface area contributed by atoms with E-state index in [1.807, 2.05) is 48.5 Å². The van der Waals surface area contributed by atoms with Crippen LogP contribution in [0.1, 0.15) is 17.0 Å². The summed E-state index contributed by atoms with van der Waals surface area (Å²) in [5.41, 5.74) is 2.11. The van der Waals surface area contributed by atoms with Crippen molar-refractivity contribution in [2.75, 3.05) is 18.5 Å². The Morgan fingerprint density at radius 3 is 2.07 bits per heavy atom. The third-order valence-electron chi connectivity index (χ3n) is 4.83. The number of benzene rings is 3. The number of hydrogen-bond donors (Lipinski definition) is 1. The van der Waals surface area contributed by atoms with E-state index in [4.69, 9.17) is 25.8 Å². The van der Waals surface area contributed by atoms with E-state index in [0.717, 1.165) is 11.1 Å². The maximum atomic E-state index is 13.3. The van der Waals surface area contributed by atoms with Crippen LogP contribution in [0.3, 0.4) is 0 Å². The summed E-state index contributed by atoms with van der Waals surface area (Å²) in [6.45, 7) is 0.938. The third-order valence-corrected chi connectivity index (χ3v) is 5.14. The topological polar surface area (TPSA) is 56.8 Å². The van der Waals surface area contributed by atoms with Crippen molar-refractivity contribution in [2.45, 2.75) is 5.92 Å². The molecule has 5 rings (SSSR count). The molecule has 3 aromatic carbocycles. The van der Waals surface area contributed by atoms with Crippen molar-refractivity contribution in [1.29, 1.82) is 0 Å². The zero-order valence-corrected chi connectivity index (χ0v) is 15.5. The van der Waals surface area contributed by atoms with Crippen LogP contribution in [0.4, 0.5) is 5.69 Å². The van der Waals surface area contributed by atoms with Crippen molar-refractivity contribution in [3.63, 3.8) is 0 Å². The molecule has 0 atom stereocenters. The highest BCUT2D eigenvalue weighted by atomic mass is 35.5. The number of fused-ring (bicyclic) bond motifs is 3. The number of carbonyl (C=O) groups is 1. The molecule has 0 saturated carbocycles. The SMILES string of the molecule is O=C(Nc1cc2c(cc1Cl)OCCO2)C1c2ccccc2Oc2ccccc21. The van der Waals surface area contributed by atoms with Gasteiger partial charge in [-0.1, -0.05) is 48.0 Å². The van der Waals surface area contributed by atoms with Crippen molar-refractivity contribution in [3.8, 4) is 23.0 Å². The molecular formula is C22H16ClNO4. The van der Waals surface area contributed by atoms with Gasteiger partial charge in [-0.05, 0) is 12.1 Å². The summed E-state index contributed by atoms with van der Waals surface area (Å²) in [6.07, 6.45) is 0. The highest BCUT2D eigenvalue weighted by molar-refractivity contribution is 6.34. The molecule has 0 fully saturated rings. The molecule has 2 heterocycles. The minimum atomic E-state index is -0.509. The lowest BCUT2D eigenvalue weighted by atomic mass is 9.87. The smallest absolute Gasteiger partial charge is 0.236 e. The Hall–Kier alpha value is -3.18. The predicted octanol–water partition coefficient (Wildman–Crippen LogP) is 4.99. The van der Waals surface area contributed by atoms with Gasteiger partial charge in [-0.15, -0.1) is 0 Å². The van der Waals surface area contributed by atoms with Crippen LogP contribution in [0, 0.1) is 0 Å². The fraction of sp³-hybridized carbons (Fsp3) is 0.136. The van der Waals surface area contributed by atoms with E-state index in [2.05, 4.69) is 5.32 Å². The second-order valence-corrected chi connectivity index (χ2v) is 6.98. The number of carbonyl (C=O) groups excluding carboxylic acids is 1. The van der Waals surface area contributed by atoms with Gasteiger partial charge in [0.2, 0.25) is 5.91 Å². The number of amides is 1. The molecule has 0 bridgehead atoms. The summed E-state index contributed by atoms with van der Waals surface area (Å²) in [5.74, 6) is 1.80. The Labute approximate surface area is 166 Å². The molecule has 1 amide bonds. The first-order valence-electron chi connectivity index (χ1n) is 8.96. The molecule has 5 nitrogen and oxygen atoms in total. The second kappa shape index (κ2) is 6.77. The van der Waals surface area contributed by atoms with Gasteiger partial charge in [-0.25, -0.2) is 0 Å². The number of halogens is 1. The fourth-order valence-corrected chi connectivity index (χ4v) is 3.76. The lowest BCUT2D eigenvalue weighted by molar-refractivity contribution is -0.116. The van der Waals surface area contributed by atoms with Crippen LogP contribution in [0.2, 0.25) is 5.02 Å². The van der Waals surface area contributed by atoms with Crippen molar-refractivity contribution in [1.82, 2.24) is 0 Å². The Bertz CT molecular complexity index is 1040. The van der Waals surface area contributed by atoms with Gasteiger partial charge in [0.25, 0.3) is 0 Å². The van der Waals surface area contributed by atoms with Crippen molar-refractivity contribution in [3.05, 3.63) is 76.8 Å². The molecule has 3 aromatic rings. The van der Waals surface area contributed by atoms with Gasteiger partial charge in [-0.2, -0.15) is 0 Å². The number of para-hydroxylation sites is 2. The molecule has 0 radical (unpaired) electrons. The third kappa shape index (κ3) is 2.84. The summed E-state index contributed by atoms with van der Waals surface area (Å²) in [5, 5.41) is 3.34. The van der Waals surface area contributed by atoms with Gasteiger partial charge in [0.05, 0.1) is 16.6 Å². The van der Waals surface area contributed by atoms with Crippen LogP contribution in [0.15, 0.2) is 60.7 Å². The molecule has 28 heavy (non-hydrogen) atoms. The second-order valence-electron chi connectivity index (χ2n) is 6.58. The number of hydrogen-bond acceptors (Lipinski definition) is 4. The first-order chi connectivity index (χ1) is 13.7. The molecule has 0 spiro atoms. The Morgan fingerprint density at radius 2 is 1.43 bits per heavy atom. The Morgan fingerprint density at radius 1 is 0.857 bits per heavy atom. The van der Waals surface area contributed by atoms with Gasteiger partial charge in [0.1, 0.15) is 24.7 Å². The van der Waals surface area contributed by atoms with Gasteiger partial charge < -0.3 is 19.5 Å². The lowest BCUT2D eigenvalue weighted by Crippen LogP contribution is -2.25. The molecule has 0 aromatic heterocycles. The summed E-state index contributed by atoms with van der Waals surface area (Å²) >= 11 is 6.37. The molecular weight excluding hydrogens is 378 g/mol. The van der Waals surface area contributed by atoms with E-state index in [0.29, 0.717) is 46.9 Å². The largest absolute Gasteiger partial charge is 0.486 e. The molecule has 140 valence electrons. The average molecular weight is 394 g/mol. The highest BCUT2D eigenvalue weighted by Gasteiger charge is 2.33. The first kappa shape index (κ1) is 17.0. The summed E-state index contributed by atoms with van der Waals surface area (Å²) in [4.78, 5) is 13.3. The molecule has 6 heteroatoms. The number of ether oxygens (including phenoxy) is 3. The quantitative estimate of drug-likeness (QED) is 0.666. The van der Waals surface area contributed by atoms with Crippen molar-refractivity contribution in [2.24, 2.45) is 0 Å². The van der Waals surface area contributed by atoms with Gasteiger partial charge in [-0.3, -0.25) is 4.79 Å². The minimum absolute atomic E-state index is 0.193. The zero-order valence-electron chi connectivity index (χ0n) is 14.8. The monoisotopic (exact) mass is 393 g/mol. The highest BCUT2D eigenvalue weighted by Crippen LogP contribution is 2.45. The maximum absolute atomic E-state index is 13.3. The Kier molecular flexibility index (Phi) is 4.10. The van der Waals surface area contributed by atoms with E-state index in [1.165, 1.54) is 0 Å². The summed E-state index contributed by atoms with van der Waals surface area (Å²) in [6, 6.07) is 18.5. The average Bonchev–Trinajstić information content (AvgIpc) is 2.72. The van der Waals surface area contributed by atoms with E-state index in [1.54, 1.807) is 12.1 Å². The van der Waals surface area contributed by atoms with E-state index in [9.17, 15) is 4.79 Å². The van der Waals surface area contributed by atoms with Crippen LogP contribution < -0.4 is 19.5 Å². The fourth-order valence-electron chi connectivity index (χ4n) is 3.56. The molecule has 1 N–H and O–H groups in total. The van der Waals surface area contributed by atoms with Crippen molar-refractivity contribution < 1.29 is 19.0 Å². The van der Waals surface area contributed by atoms with Gasteiger partial charge in [0.15, 0.2) is 11.5 Å². The lowest BCUT2D eigenvalue weighted by Gasteiger charge is -2.27. The van der Waals surface area contributed by atoms with Gasteiger partial charge >= 0.3 is 0 Å². The number of rotatable bonds is 2. The van der Waals surface area contributed by atoms with Crippen molar-refractivity contribution >= 4 is 23.2 Å². The number of nitrogens with one attached hydrogen (secondary N) is 1. The van der Waals surface area contributed by atoms with E-state index in [-0.39, 0.29) is 5.91 Å². The zero-order chi connectivity index (χ0) is 19.1. The summed E-state index contributed by atoms with van der Waals surface area (Å²) < 4.78 is 17.1. The van der Waals surface area contributed by atoms with E-state index < -0.39 is 5.92 Å². The Balaban J connectivity index is 1.53. The van der Waals surface area contributed by atoms with Crippen LogP contribution in [0.25, 0.3) is 0 Å². The van der Waals surface area contributed by atoms with Crippen LogP contribution in [-0.4, -0.2) is 19.1 Å². The van der Waals surface area contributed by atoms with E-state index >= 15 is 0 Å². The standard InChI is InChI=1S/C22H16ClNO4/c23-15-11-19-20(27-10-9-26-19)12-16(15)24-22(25)21-13-5-1-3-7-17(13)28-18-8-4-2-6-14(18)21/h1-8,11-12,21H,9-10H2,(H,24,25). The van der Waals surface area contributed by atoms with Crippen LogP contribution in [0.5, 0.6) is 23.0 Å². The molecule has 0 unspecified atom stereocenters. The van der Waals surface area contributed by atoms with Gasteiger partial charge in [0, 0.05) is 23.3 Å². The minimum Gasteiger partial charge on any atom is -0.486 e. The van der Waals surface area contributed by atoms with Crippen LogP contribution >= 0.6 is 11.6 Å². The molecule has 2 aliphatic heterocycles. The maximum Gasteiger partial charge on any atom is 0.236 e. The predicted molar refractivity (Wildman–Crippen MR) is 106 cm³/mol. The summed E-state index contributed by atoms with van der Waals surface area (Å²) in [7, 11) is 0. The molecule has 0 aliphatic carbocycles.